The highest BCUT2D eigenvalue weighted by molar-refractivity contribution is 6.32. The van der Waals surface area contributed by atoms with Crippen LogP contribution in [0.1, 0.15) is 51.3 Å². The van der Waals surface area contributed by atoms with Crippen molar-refractivity contribution in [1.82, 2.24) is 20.0 Å². The standard InChI is InChI=1S/C30H29ClF3N5O/c1-38-12-14-39(15-13-38)19-23-5-8-25(18-27(23)30(32,33)34)35-29(40)22-6-11-28(31)21(17-22)4-7-24-9-10-26(37-36-24)16-20-2-3-20/h5-6,8-11,17-18,20H,2-3,12-16,19H2,1H3,(H,35,40). The van der Waals surface area contributed by atoms with Crippen molar-refractivity contribution >= 4 is 23.2 Å². The number of aromatic nitrogens is 2. The highest BCUT2D eigenvalue weighted by Gasteiger charge is 2.34. The number of benzene rings is 2. The summed E-state index contributed by atoms with van der Waals surface area (Å²) < 4.78 is 41.8. The maximum absolute atomic E-state index is 13.9. The quantitative estimate of drug-likeness (QED) is 0.399. The second-order valence-corrected chi connectivity index (χ2v) is 10.8. The van der Waals surface area contributed by atoms with Crippen LogP contribution >= 0.6 is 11.6 Å². The van der Waals surface area contributed by atoms with Gasteiger partial charge in [0.05, 0.1) is 16.3 Å². The van der Waals surface area contributed by atoms with Gasteiger partial charge in [-0.3, -0.25) is 9.69 Å². The summed E-state index contributed by atoms with van der Waals surface area (Å²) in [5.74, 6) is 5.97. The Labute approximate surface area is 236 Å². The first-order chi connectivity index (χ1) is 19.1. The van der Waals surface area contributed by atoms with Crippen molar-refractivity contribution < 1.29 is 18.0 Å². The number of nitrogens with zero attached hydrogens (tertiary/aromatic N) is 4. The normalized spacial score (nSPS) is 16.3. The Bertz CT molecular complexity index is 1440. The van der Waals surface area contributed by atoms with Crippen molar-refractivity contribution in [2.24, 2.45) is 5.92 Å². The molecular formula is C30H29ClF3N5O. The summed E-state index contributed by atoms with van der Waals surface area (Å²) in [6, 6.07) is 12.2. The van der Waals surface area contributed by atoms with Crippen LogP contribution in [0.5, 0.6) is 0 Å². The van der Waals surface area contributed by atoms with Gasteiger partial charge in [-0.1, -0.05) is 23.6 Å². The van der Waals surface area contributed by atoms with Crippen LogP contribution in [0.3, 0.4) is 0 Å². The number of piperazine rings is 1. The predicted octanol–water partition coefficient (Wildman–Crippen LogP) is 5.50. The first kappa shape index (κ1) is 28.1. The monoisotopic (exact) mass is 567 g/mol. The van der Waals surface area contributed by atoms with Crippen molar-refractivity contribution in [2.45, 2.75) is 32.0 Å². The Morgan fingerprint density at radius 3 is 2.48 bits per heavy atom. The van der Waals surface area contributed by atoms with Gasteiger partial charge >= 0.3 is 6.18 Å². The maximum atomic E-state index is 13.9. The lowest BCUT2D eigenvalue weighted by Crippen LogP contribution is -2.44. The Hall–Kier alpha value is -3.45. The SMILES string of the molecule is CN1CCN(Cc2ccc(NC(=O)c3ccc(Cl)c(C#Cc4ccc(CC5CC5)nn4)c3)cc2C(F)(F)F)CC1. The van der Waals surface area contributed by atoms with Crippen LogP contribution in [0.4, 0.5) is 18.9 Å². The molecule has 40 heavy (non-hydrogen) atoms. The van der Waals surface area contributed by atoms with Crippen molar-refractivity contribution in [3.8, 4) is 11.8 Å². The van der Waals surface area contributed by atoms with E-state index in [1.165, 1.54) is 43.2 Å². The molecule has 3 aromatic rings. The number of carbonyl (C=O) groups is 1. The van der Waals surface area contributed by atoms with Crippen LogP contribution in [0, 0.1) is 17.8 Å². The molecule has 1 aliphatic heterocycles. The number of halogens is 4. The summed E-state index contributed by atoms with van der Waals surface area (Å²) >= 11 is 6.29. The zero-order chi connectivity index (χ0) is 28.3. The summed E-state index contributed by atoms with van der Waals surface area (Å²) in [6.45, 7) is 3.22. The molecule has 0 radical (unpaired) electrons. The second-order valence-electron chi connectivity index (χ2n) is 10.4. The number of anilines is 1. The number of rotatable bonds is 6. The highest BCUT2D eigenvalue weighted by Crippen LogP contribution is 2.35. The molecule has 0 unspecified atom stereocenters. The first-order valence-corrected chi connectivity index (χ1v) is 13.6. The molecule has 1 saturated heterocycles. The zero-order valence-electron chi connectivity index (χ0n) is 22.1. The lowest BCUT2D eigenvalue weighted by atomic mass is 10.0. The topological polar surface area (TPSA) is 61.4 Å². The largest absolute Gasteiger partial charge is 0.416 e. The van der Waals surface area contributed by atoms with E-state index >= 15 is 0 Å². The van der Waals surface area contributed by atoms with Gasteiger partial charge in [-0.15, -0.1) is 5.10 Å². The van der Waals surface area contributed by atoms with Crippen molar-refractivity contribution in [3.05, 3.63) is 87.2 Å². The van der Waals surface area contributed by atoms with E-state index in [0.29, 0.717) is 35.3 Å². The van der Waals surface area contributed by atoms with Crippen molar-refractivity contribution in [3.63, 3.8) is 0 Å². The third kappa shape index (κ3) is 7.39. The van der Waals surface area contributed by atoms with Gasteiger partial charge in [0.1, 0.15) is 5.69 Å². The molecule has 5 rings (SSSR count). The maximum Gasteiger partial charge on any atom is 0.416 e. The highest BCUT2D eigenvalue weighted by atomic mass is 35.5. The fourth-order valence-electron chi connectivity index (χ4n) is 4.55. The average Bonchev–Trinajstić information content (AvgIpc) is 3.74. The third-order valence-corrected chi connectivity index (χ3v) is 7.46. The van der Waals surface area contributed by atoms with Gasteiger partial charge in [-0.05, 0) is 86.2 Å². The Balaban J connectivity index is 1.29. The van der Waals surface area contributed by atoms with Gasteiger partial charge in [0.25, 0.3) is 5.91 Å². The summed E-state index contributed by atoms with van der Waals surface area (Å²) in [4.78, 5) is 17.1. The van der Waals surface area contributed by atoms with Crippen LogP contribution in [0.2, 0.25) is 5.02 Å². The first-order valence-electron chi connectivity index (χ1n) is 13.2. The van der Waals surface area contributed by atoms with E-state index in [-0.39, 0.29) is 23.4 Å². The van der Waals surface area contributed by atoms with E-state index in [9.17, 15) is 18.0 Å². The lowest BCUT2D eigenvalue weighted by Gasteiger charge is -2.33. The molecular weight excluding hydrogens is 539 g/mol. The fraction of sp³-hybridized carbons (Fsp3) is 0.367. The van der Waals surface area contributed by atoms with Gasteiger partial charge in [-0.25, -0.2) is 0 Å². The fourth-order valence-corrected chi connectivity index (χ4v) is 4.72. The summed E-state index contributed by atoms with van der Waals surface area (Å²) in [5, 5.41) is 11.3. The molecule has 2 aromatic carbocycles. The van der Waals surface area contributed by atoms with E-state index in [1.807, 2.05) is 18.0 Å². The number of hydrogen-bond acceptors (Lipinski definition) is 5. The minimum absolute atomic E-state index is 0.0589. The summed E-state index contributed by atoms with van der Waals surface area (Å²) in [7, 11) is 2.00. The van der Waals surface area contributed by atoms with E-state index < -0.39 is 17.6 Å². The number of likely N-dealkylation sites (N-methyl/N-ethyl adjacent to an activating group) is 1. The minimum atomic E-state index is -4.55. The number of amides is 1. The number of nitrogens with one attached hydrogen (secondary N) is 1. The molecule has 0 bridgehead atoms. The van der Waals surface area contributed by atoms with Gasteiger partial charge in [0, 0.05) is 49.5 Å². The lowest BCUT2D eigenvalue weighted by molar-refractivity contribution is -0.138. The molecule has 2 fully saturated rings. The minimum Gasteiger partial charge on any atom is -0.322 e. The average molecular weight is 568 g/mol. The number of carbonyl (C=O) groups excluding carboxylic acids is 1. The molecule has 1 saturated carbocycles. The van der Waals surface area contributed by atoms with E-state index in [4.69, 9.17) is 11.6 Å². The molecule has 1 amide bonds. The molecule has 2 heterocycles. The van der Waals surface area contributed by atoms with E-state index in [0.717, 1.165) is 31.3 Å². The molecule has 6 nitrogen and oxygen atoms in total. The smallest absolute Gasteiger partial charge is 0.322 e. The number of hydrogen-bond donors (Lipinski definition) is 1. The van der Waals surface area contributed by atoms with Crippen molar-refractivity contribution in [1.29, 1.82) is 0 Å². The molecule has 10 heteroatoms. The Morgan fingerprint density at radius 1 is 1.02 bits per heavy atom. The molecule has 0 atom stereocenters. The van der Waals surface area contributed by atoms with E-state index in [2.05, 4.69) is 32.3 Å². The second kappa shape index (κ2) is 12.0. The zero-order valence-corrected chi connectivity index (χ0v) is 22.8. The summed E-state index contributed by atoms with van der Waals surface area (Å²) in [6.07, 6.45) is -1.16. The number of alkyl halides is 3. The van der Waals surface area contributed by atoms with Crippen LogP contribution < -0.4 is 5.32 Å². The predicted molar refractivity (Wildman–Crippen MR) is 148 cm³/mol. The van der Waals surface area contributed by atoms with Gasteiger partial charge < -0.3 is 10.2 Å². The van der Waals surface area contributed by atoms with E-state index in [1.54, 1.807) is 6.07 Å². The van der Waals surface area contributed by atoms with Crippen LogP contribution in [-0.4, -0.2) is 59.1 Å². The Morgan fingerprint density at radius 2 is 1.80 bits per heavy atom. The van der Waals surface area contributed by atoms with Gasteiger partial charge in [-0.2, -0.15) is 18.3 Å². The molecule has 2 aliphatic rings. The third-order valence-electron chi connectivity index (χ3n) is 7.13. The Kier molecular flexibility index (Phi) is 8.40. The molecule has 1 aliphatic carbocycles. The molecule has 208 valence electrons. The molecule has 1 N–H and O–H groups in total. The molecule has 1 aromatic heterocycles. The molecule has 0 spiro atoms. The van der Waals surface area contributed by atoms with Gasteiger partial charge in [0.2, 0.25) is 0 Å². The van der Waals surface area contributed by atoms with Gasteiger partial charge in [0.15, 0.2) is 0 Å². The van der Waals surface area contributed by atoms with Crippen molar-refractivity contribution in [2.75, 3.05) is 38.5 Å². The van der Waals surface area contributed by atoms with Crippen LogP contribution in [0.15, 0.2) is 48.5 Å². The summed E-state index contributed by atoms with van der Waals surface area (Å²) in [5.41, 5.74) is 1.52. The van der Waals surface area contributed by atoms with Crippen LogP contribution in [0.25, 0.3) is 0 Å². The van der Waals surface area contributed by atoms with Crippen LogP contribution in [-0.2, 0) is 19.1 Å².